The minimum absolute atomic E-state index is 0.0156. The Morgan fingerprint density at radius 1 is 0.600 bits per heavy atom. The van der Waals surface area contributed by atoms with E-state index in [0.717, 1.165) is 75.4 Å². The van der Waals surface area contributed by atoms with Crippen LogP contribution >= 0.6 is 0 Å². The van der Waals surface area contributed by atoms with E-state index in [4.69, 9.17) is 9.47 Å². The van der Waals surface area contributed by atoms with Gasteiger partial charge in [0.25, 0.3) is 0 Å². The zero-order valence-corrected chi connectivity index (χ0v) is 19.3. The van der Waals surface area contributed by atoms with E-state index in [1.54, 1.807) is 0 Å². The molecule has 30 heavy (non-hydrogen) atoms. The minimum atomic E-state index is -0.0961. The molecule has 2 heterocycles. The van der Waals surface area contributed by atoms with Gasteiger partial charge in [0.05, 0.1) is 0 Å². The molecule has 170 valence electrons. The summed E-state index contributed by atoms with van der Waals surface area (Å²) in [5, 5.41) is 0. The molecule has 0 bridgehead atoms. The second-order valence-electron chi connectivity index (χ2n) is 8.88. The molecule has 0 aromatic rings. The fraction of sp³-hybridized carbons (Fsp3) is 0.769. The molecular weight excluding hydrogens is 376 g/mol. The van der Waals surface area contributed by atoms with E-state index in [1.807, 2.05) is 0 Å². The Bertz CT molecular complexity index is 538. The van der Waals surface area contributed by atoms with Crippen molar-refractivity contribution in [1.82, 2.24) is 0 Å². The molecule has 2 aliphatic rings. The zero-order valence-electron chi connectivity index (χ0n) is 19.3. The number of unbranched alkanes of at least 4 members (excludes halogenated alkanes) is 9. The molecule has 0 fully saturated rings. The molecule has 0 amide bonds. The Morgan fingerprint density at radius 3 is 1.40 bits per heavy atom. The number of cyclic esters (lactones) is 2. The second-order valence-corrected chi connectivity index (χ2v) is 8.88. The van der Waals surface area contributed by atoms with Crippen molar-refractivity contribution in [3.05, 3.63) is 23.3 Å². The minimum Gasteiger partial charge on any atom is -0.455 e. The molecule has 0 aromatic carbocycles. The SMILES string of the molecule is CCCCC[C@@H]1C=C(CCCCCCCCC2=C[C@@H](CCCCC)OC2=O)C(=O)O1. The molecular formula is C26H42O4. The molecule has 0 aliphatic carbocycles. The fourth-order valence-electron chi connectivity index (χ4n) is 4.26. The average Bonchev–Trinajstić information content (AvgIpc) is 3.26. The summed E-state index contributed by atoms with van der Waals surface area (Å²) >= 11 is 0. The Balaban J connectivity index is 1.49. The molecule has 4 heteroatoms. The van der Waals surface area contributed by atoms with Gasteiger partial charge in [-0.1, -0.05) is 65.2 Å². The van der Waals surface area contributed by atoms with Crippen LogP contribution in [0.25, 0.3) is 0 Å². The third-order valence-electron chi connectivity index (χ3n) is 6.14. The van der Waals surface area contributed by atoms with E-state index in [2.05, 4.69) is 26.0 Å². The van der Waals surface area contributed by atoms with Crippen LogP contribution in [0.4, 0.5) is 0 Å². The first-order chi connectivity index (χ1) is 14.6. The third kappa shape index (κ3) is 9.06. The number of rotatable bonds is 17. The van der Waals surface area contributed by atoms with Gasteiger partial charge in [0.2, 0.25) is 0 Å². The van der Waals surface area contributed by atoms with Gasteiger partial charge >= 0.3 is 11.9 Å². The monoisotopic (exact) mass is 418 g/mol. The number of carbonyl (C=O) groups excluding carboxylic acids is 2. The third-order valence-corrected chi connectivity index (χ3v) is 6.14. The predicted molar refractivity (Wildman–Crippen MR) is 121 cm³/mol. The number of carbonyl (C=O) groups is 2. The lowest BCUT2D eigenvalue weighted by Crippen LogP contribution is -2.08. The van der Waals surface area contributed by atoms with Gasteiger partial charge in [-0.05, 0) is 63.5 Å². The Morgan fingerprint density at radius 2 is 1.00 bits per heavy atom. The molecule has 0 spiro atoms. The number of hydrogen-bond donors (Lipinski definition) is 0. The average molecular weight is 419 g/mol. The van der Waals surface area contributed by atoms with E-state index in [1.165, 1.54) is 38.5 Å². The summed E-state index contributed by atoms with van der Waals surface area (Å²) in [6.07, 6.45) is 21.6. The van der Waals surface area contributed by atoms with Crippen molar-refractivity contribution >= 4 is 11.9 Å². The van der Waals surface area contributed by atoms with E-state index in [-0.39, 0.29) is 24.1 Å². The molecule has 0 saturated carbocycles. The molecule has 2 rings (SSSR count). The molecule has 2 aliphatic heterocycles. The first kappa shape index (κ1) is 24.7. The highest BCUT2D eigenvalue weighted by Gasteiger charge is 2.25. The van der Waals surface area contributed by atoms with Gasteiger partial charge in [-0.15, -0.1) is 0 Å². The van der Waals surface area contributed by atoms with Crippen molar-refractivity contribution in [2.24, 2.45) is 0 Å². The highest BCUT2D eigenvalue weighted by atomic mass is 16.6. The van der Waals surface area contributed by atoms with Crippen LogP contribution in [-0.4, -0.2) is 24.1 Å². The summed E-state index contributed by atoms with van der Waals surface area (Å²) in [5.41, 5.74) is 1.77. The molecule has 2 atom stereocenters. The Labute approximate surface area is 183 Å². The Kier molecular flexibility index (Phi) is 11.9. The summed E-state index contributed by atoms with van der Waals surface area (Å²) in [6, 6.07) is 0. The highest BCUT2D eigenvalue weighted by Crippen LogP contribution is 2.25. The summed E-state index contributed by atoms with van der Waals surface area (Å²) < 4.78 is 10.9. The summed E-state index contributed by atoms with van der Waals surface area (Å²) in [7, 11) is 0. The second kappa shape index (κ2) is 14.4. The van der Waals surface area contributed by atoms with Crippen LogP contribution in [0.1, 0.15) is 117 Å². The van der Waals surface area contributed by atoms with E-state index < -0.39 is 0 Å². The van der Waals surface area contributed by atoms with Gasteiger partial charge in [-0.3, -0.25) is 0 Å². The van der Waals surface area contributed by atoms with Crippen LogP contribution in [0, 0.1) is 0 Å². The van der Waals surface area contributed by atoms with Crippen molar-refractivity contribution in [3.8, 4) is 0 Å². The maximum Gasteiger partial charge on any atom is 0.334 e. The normalized spacial score (nSPS) is 20.9. The van der Waals surface area contributed by atoms with Crippen molar-refractivity contribution in [2.45, 2.75) is 129 Å². The predicted octanol–water partition coefficient (Wildman–Crippen LogP) is 6.97. The van der Waals surface area contributed by atoms with Crippen LogP contribution in [-0.2, 0) is 19.1 Å². The van der Waals surface area contributed by atoms with Crippen LogP contribution in [0.5, 0.6) is 0 Å². The van der Waals surface area contributed by atoms with Crippen molar-refractivity contribution in [2.75, 3.05) is 0 Å². The standard InChI is InChI=1S/C26H42O4/c1-3-5-11-17-23-19-21(25(27)29-23)15-13-9-7-8-10-14-16-22-20-24(30-26(22)28)18-12-6-4-2/h19-20,23-24H,3-18H2,1-2H3/t23-,24-/m1/s1. The summed E-state index contributed by atoms with van der Waals surface area (Å²) in [4.78, 5) is 23.9. The van der Waals surface area contributed by atoms with Gasteiger partial charge in [0.15, 0.2) is 0 Å². The molecule has 0 saturated heterocycles. The molecule has 0 radical (unpaired) electrons. The highest BCUT2D eigenvalue weighted by molar-refractivity contribution is 5.91. The van der Waals surface area contributed by atoms with Gasteiger partial charge in [0.1, 0.15) is 12.2 Å². The zero-order chi connectivity index (χ0) is 21.6. The maximum absolute atomic E-state index is 11.9. The molecule has 0 unspecified atom stereocenters. The van der Waals surface area contributed by atoms with Crippen molar-refractivity contribution < 1.29 is 19.1 Å². The topological polar surface area (TPSA) is 52.6 Å². The first-order valence-corrected chi connectivity index (χ1v) is 12.5. The van der Waals surface area contributed by atoms with Crippen LogP contribution in [0.3, 0.4) is 0 Å². The lowest BCUT2D eigenvalue weighted by Gasteiger charge is -2.06. The van der Waals surface area contributed by atoms with Gasteiger partial charge in [-0.2, -0.15) is 0 Å². The number of esters is 2. The largest absolute Gasteiger partial charge is 0.455 e. The Hall–Kier alpha value is -1.58. The maximum atomic E-state index is 11.9. The van der Waals surface area contributed by atoms with E-state index >= 15 is 0 Å². The summed E-state index contributed by atoms with van der Waals surface area (Å²) in [6.45, 7) is 4.37. The van der Waals surface area contributed by atoms with Crippen molar-refractivity contribution in [3.63, 3.8) is 0 Å². The van der Waals surface area contributed by atoms with E-state index in [0.29, 0.717) is 0 Å². The number of hydrogen-bond acceptors (Lipinski definition) is 4. The van der Waals surface area contributed by atoms with Gasteiger partial charge < -0.3 is 9.47 Å². The molecule has 4 nitrogen and oxygen atoms in total. The van der Waals surface area contributed by atoms with Crippen LogP contribution in [0.15, 0.2) is 23.3 Å². The molecule has 0 N–H and O–H groups in total. The van der Waals surface area contributed by atoms with E-state index in [9.17, 15) is 9.59 Å². The smallest absolute Gasteiger partial charge is 0.334 e. The quantitative estimate of drug-likeness (QED) is 0.189. The lowest BCUT2D eigenvalue weighted by molar-refractivity contribution is -0.140. The first-order valence-electron chi connectivity index (χ1n) is 12.5. The lowest BCUT2D eigenvalue weighted by atomic mass is 10.0. The van der Waals surface area contributed by atoms with Gasteiger partial charge in [-0.25, -0.2) is 9.59 Å². The van der Waals surface area contributed by atoms with Crippen LogP contribution in [0.2, 0.25) is 0 Å². The van der Waals surface area contributed by atoms with Crippen molar-refractivity contribution in [1.29, 1.82) is 0 Å². The van der Waals surface area contributed by atoms with Crippen LogP contribution < -0.4 is 0 Å². The van der Waals surface area contributed by atoms with Gasteiger partial charge in [0, 0.05) is 11.1 Å². The number of ether oxygens (including phenoxy) is 2. The summed E-state index contributed by atoms with van der Waals surface area (Å²) in [5.74, 6) is -0.192. The molecule has 0 aromatic heterocycles. The fourth-order valence-corrected chi connectivity index (χ4v) is 4.26.